The average molecular weight is 420 g/mol. The fourth-order valence-corrected chi connectivity index (χ4v) is 6.55. The zero-order valence-electron chi connectivity index (χ0n) is 17.4. The van der Waals surface area contributed by atoms with Crippen LogP contribution in [0.15, 0.2) is 12.3 Å². The number of aliphatic hydroxyl groups is 1. The number of pyridine rings is 1. The van der Waals surface area contributed by atoms with E-state index in [4.69, 9.17) is 16.7 Å². The highest BCUT2D eigenvalue weighted by Gasteiger charge is 2.50. The van der Waals surface area contributed by atoms with Crippen molar-refractivity contribution in [2.45, 2.75) is 64.3 Å². The summed E-state index contributed by atoms with van der Waals surface area (Å²) in [6.45, 7) is 3.68. The minimum atomic E-state index is -0.0906. The van der Waals surface area contributed by atoms with Gasteiger partial charge in [-0.1, -0.05) is 11.6 Å². The summed E-state index contributed by atoms with van der Waals surface area (Å²) in [6.07, 6.45) is 11.6. The van der Waals surface area contributed by atoms with Crippen LogP contribution in [-0.2, 0) is 6.42 Å². The van der Waals surface area contributed by atoms with Crippen LogP contribution in [0, 0.1) is 23.2 Å². The molecule has 4 bridgehead atoms. The van der Waals surface area contributed by atoms with E-state index in [-0.39, 0.29) is 23.7 Å². The standard InChI is InChI=1S/C23H34ClN3O2/c1-15(13-28)25-4-2-3-16-8-20(21(24)26-12-16)22(29)27-14-23-9-17-5-18(10-23)7-19(6-17)11-23/h8,12,15,17-19,25,28H,2-7,9-11,13-14H2,1H3,(H,27,29)/t15-,17?,18?,19?,23?/m1/s1. The predicted octanol–water partition coefficient (Wildman–Crippen LogP) is 3.58. The Labute approximate surface area is 179 Å². The van der Waals surface area contributed by atoms with Crippen LogP contribution in [0.1, 0.15) is 67.8 Å². The molecule has 1 heterocycles. The monoisotopic (exact) mass is 419 g/mol. The number of aliphatic hydroxyl groups excluding tert-OH is 1. The molecule has 4 aliphatic carbocycles. The molecule has 160 valence electrons. The van der Waals surface area contributed by atoms with Gasteiger partial charge in [-0.2, -0.15) is 0 Å². The number of halogens is 1. The zero-order valence-corrected chi connectivity index (χ0v) is 18.2. The van der Waals surface area contributed by atoms with E-state index in [2.05, 4.69) is 15.6 Å². The van der Waals surface area contributed by atoms with Gasteiger partial charge in [0.15, 0.2) is 0 Å². The average Bonchev–Trinajstić information content (AvgIpc) is 2.69. The van der Waals surface area contributed by atoms with Gasteiger partial charge in [-0.25, -0.2) is 4.98 Å². The number of nitrogens with zero attached hydrogens (tertiary/aromatic N) is 1. The van der Waals surface area contributed by atoms with E-state index in [0.717, 1.165) is 49.2 Å². The molecule has 4 fully saturated rings. The highest BCUT2D eigenvalue weighted by molar-refractivity contribution is 6.32. The van der Waals surface area contributed by atoms with Crippen LogP contribution in [-0.4, -0.2) is 41.7 Å². The van der Waals surface area contributed by atoms with E-state index in [9.17, 15) is 4.79 Å². The molecule has 1 aromatic heterocycles. The van der Waals surface area contributed by atoms with Gasteiger partial charge in [0.1, 0.15) is 5.15 Å². The summed E-state index contributed by atoms with van der Waals surface area (Å²) in [5.41, 5.74) is 1.83. The van der Waals surface area contributed by atoms with E-state index >= 15 is 0 Å². The van der Waals surface area contributed by atoms with Gasteiger partial charge in [-0.15, -0.1) is 0 Å². The normalized spacial score (nSPS) is 31.1. The third-order valence-electron chi connectivity index (χ3n) is 7.34. The Morgan fingerprint density at radius 2 is 1.93 bits per heavy atom. The van der Waals surface area contributed by atoms with Crippen LogP contribution < -0.4 is 10.6 Å². The number of aromatic nitrogens is 1. The molecule has 1 atom stereocenters. The molecule has 0 aromatic carbocycles. The number of rotatable bonds is 9. The SMILES string of the molecule is C[C@H](CO)NCCCc1cnc(Cl)c(C(=O)NCC23CC4CC(CC(C4)C2)C3)c1. The van der Waals surface area contributed by atoms with Crippen molar-refractivity contribution in [3.63, 3.8) is 0 Å². The van der Waals surface area contributed by atoms with Gasteiger partial charge in [-0.3, -0.25) is 4.79 Å². The van der Waals surface area contributed by atoms with Crippen LogP contribution in [0.5, 0.6) is 0 Å². The van der Waals surface area contributed by atoms with E-state index in [0.29, 0.717) is 11.0 Å². The molecule has 6 heteroatoms. The largest absolute Gasteiger partial charge is 0.395 e. The Bertz CT molecular complexity index is 704. The van der Waals surface area contributed by atoms with Gasteiger partial charge in [0.25, 0.3) is 5.91 Å². The third kappa shape index (κ3) is 4.95. The molecule has 0 radical (unpaired) electrons. The second kappa shape index (κ2) is 8.91. The van der Waals surface area contributed by atoms with E-state index in [1.807, 2.05) is 13.0 Å². The van der Waals surface area contributed by atoms with Gasteiger partial charge >= 0.3 is 0 Å². The summed E-state index contributed by atoms with van der Waals surface area (Å²) in [5.74, 6) is 2.56. The molecule has 1 aromatic rings. The van der Waals surface area contributed by atoms with Crippen LogP contribution in [0.25, 0.3) is 0 Å². The molecule has 0 spiro atoms. The lowest BCUT2D eigenvalue weighted by Crippen LogP contribution is -2.51. The van der Waals surface area contributed by atoms with Crippen LogP contribution >= 0.6 is 11.6 Å². The van der Waals surface area contributed by atoms with Crippen molar-refractivity contribution >= 4 is 17.5 Å². The molecular formula is C23H34ClN3O2. The summed E-state index contributed by atoms with van der Waals surface area (Å²) in [6, 6.07) is 1.99. The molecule has 0 unspecified atom stereocenters. The molecule has 0 saturated heterocycles. The lowest BCUT2D eigenvalue weighted by atomic mass is 9.49. The second-order valence-electron chi connectivity index (χ2n) is 9.92. The molecule has 4 saturated carbocycles. The van der Waals surface area contributed by atoms with Crippen molar-refractivity contribution < 1.29 is 9.90 Å². The summed E-state index contributed by atoms with van der Waals surface area (Å²) in [5, 5.41) is 15.8. The molecular weight excluding hydrogens is 386 g/mol. The highest BCUT2D eigenvalue weighted by atomic mass is 35.5. The van der Waals surface area contributed by atoms with Gasteiger partial charge in [0.05, 0.1) is 12.2 Å². The molecule has 0 aliphatic heterocycles. The Kier molecular flexibility index (Phi) is 6.47. The molecule has 3 N–H and O–H groups in total. The number of carbonyl (C=O) groups is 1. The number of aryl methyl sites for hydroxylation is 1. The van der Waals surface area contributed by atoms with Crippen molar-refractivity contribution in [2.75, 3.05) is 19.7 Å². The van der Waals surface area contributed by atoms with Crippen molar-refractivity contribution in [2.24, 2.45) is 23.2 Å². The van der Waals surface area contributed by atoms with E-state index < -0.39 is 0 Å². The number of nitrogens with one attached hydrogen (secondary N) is 2. The first-order valence-electron chi connectivity index (χ1n) is 11.2. The topological polar surface area (TPSA) is 74.2 Å². The molecule has 5 rings (SSSR count). The summed E-state index contributed by atoms with van der Waals surface area (Å²) in [4.78, 5) is 17.1. The minimum Gasteiger partial charge on any atom is -0.395 e. The minimum absolute atomic E-state index is 0.0906. The number of carbonyl (C=O) groups excluding carboxylic acids is 1. The lowest BCUT2D eigenvalue weighted by molar-refractivity contribution is -0.0503. The van der Waals surface area contributed by atoms with E-state index in [1.165, 1.54) is 38.5 Å². The van der Waals surface area contributed by atoms with Crippen molar-refractivity contribution in [1.82, 2.24) is 15.6 Å². The Morgan fingerprint density at radius 3 is 2.55 bits per heavy atom. The van der Waals surface area contributed by atoms with E-state index in [1.54, 1.807) is 6.20 Å². The highest BCUT2D eigenvalue weighted by Crippen LogP contribution is 2.59. The molecule has 29 heavy (non-hydrogen) atoms. The first-order chi connectivity index (χ1) is 14.0. The smallest absolute Gasteiger partial charge is 0.254 e. The Morgan fingerprint density at radius 1 is 1.28 bits per heavy atom. The van der Waals surface area contributed by atoms with Crippen LogP contribution in [0.3, 0.4) is 0 Å². The van der Waals surface area contributed by atoms with Gasteiger partial charge in [0, 0.05) is 18.8 Å². The number of hydrogen-bond acceptors (Lipinski definition) is 4. The second-order valence-corrected chi connectivity index (χ2v) is 10.3. The van der Waals surface area contributed by atoms with Crippen molar-refractivity contribution in [1.29, 1.82) is 0 Å². The molecule has 4 aliphatic rings. The molecule has 5 nitrogen and oxygen atoms in total. The van der Waals surface area contributed by atoms with Crippen LogP contribution in [0.4, 0.5) is 0 Å². The third-order valence-corrected chi connectivity index (χ3v) is 7.64. The summed E-state index contributed by atoms with van der Waals surface area (Å²) in [7, 11) is 0. The molecule has 1 amide bonds. The maximum Gasteiger partial charge on any atom is 0.254 e. The van der Waals surface area contributed by atoms with Gasteiger partial charge < -0.3 is 15.7 Å². The maximum atomic E-state index is 12.9. The Balaban J connectivity index is 1.32. The summed E-state index contributed by atoms with van der Waals surface area (Å²) >= 11 is 6.26. The van der Waals surface area contributed by atoms with Crippen LogP contribution in [0.2, 0.25) is 5.15 Å². The quantitative estimate of drug-likeness (QED) is 0.422. The zero-order chi connectivity index (χ0) is 20.4. The Hall–Kier alpha value is -1.17. The van der Waals surface area contributed by atoms with Gasteiger partial charge in [0.2, 0.25) is 0 Å². The maximum absolute atomic E-state index is 12.9. The fraction of sp³-hybridized carbons (Fsp3) is 0.739. The number of hydrogen-bond donors (Lipinski definition) is 3. The van der Waals surface area contributed by atoms with Gasteiger partial charge in [-0.05, 0) is 99.6 Å². The number of amides is 1. The fourth-order valence-electron chi connectivity index (χ4n) is 6.36. The predicted molar refractivity (Wildman–Crippen MR) is 115 cm³/mol. The van der Waals surface area contributed by atoms with Crippen molar-refractivity contribution in [3.05, 3.63) is 28.5 Å². The first kappa shape index (κ1) is 21.1. The lowest BCUT2D eigenvalue weighted by Gasteiger charge is -2.56. The van der Waals surface area contributed by atoms with Crippen molar-refractivity contribution in [3.8, 4) is 0 Å². The first-order valence-corrected chi connectivity index (χ1v) is 11.6. The summed E-state index contributed by atoms with van der Waals surface area (Å²) < 4.78 is 0.